The quantitative estimate of drug-likeness (QED) is 0.590. The molecule has 0 atom stereocenters. The number of anilines is 2. The Morgan fingerprint density at radius 1 is 0.926 bits per heavy atom. The lowest BCUT2D eigenvalue weighted by Gasteiger charge is -2.11. The van der Waals surface area contributed by atoms with Crippen LogP contribution in [0.5, 0.6) is 0 Å². The summed E-state index contributed by atoms with van der Waals surface area (Å²) in [4.78, 5) is 24.1. The Kier molecular flexibility index (Phi) is 10.6. The maximum Gasteiger partial charge on any atom is 0.234 e. The number of aryl methyl sites for hydroxylation is 1. The molecule has 0 unspecified atom stereocenters. The van der Waals surface area contributed by atoms with Crippen molar-refractivity contribution in [2.24, 2.45) is 0 Å². The molecule has 0 bridgehead atoms. The number of nitrogens with one attached hydrogen (secondary N) is 3. The second-order valence-corrected chi connectivity index (χ2v) is 6.88. The number of hydrogen-bond acceptors (Lipinski definition) is 4. The minimum Gasteiger partial charge on any atom is -0.325 e. The Labute approximate surface area is 171 Å². The molecule has 7 heteroatoms. The zero-order valence-electron chi connectivity index (χ0n) is 15.6. The van der Waals surface area contributed by atoms with Crippen LogP contribution in [0.2, 0.25) is 0 Å². The lowest BCUT2D eigenvalue weighted by atomic mass is 10.1. The van der Waals surface area contributed by atoms with E-state index in [-0.39, 0.29) is 35.7 Å². The molecule has 0 saturated carbocycles. The Hall–Kier alpha value is -2.02. The van der Waals surface area contributed by atoms with Crippen LogP contribution in [-0.2, 0) is 16.1 Å². The number of halogens is 1. The lowest BCUT2D eigenvalue weighted by Crippen LogP contribution is -2.20. The van der Waals surface area contributed by atoms with Gasteiger partial charge >= 0.3 is 0 Å². The highest BCUT2D eigenvalue weighted by Crippen LogP contribution is 2.15. The molecule has 0 heterocycles. The van der Waals surface area contributed by atoms with Gasteiger partial charge in [0.2, 0.25) is 11.8 Å². The van der Waals surface area contributed by atoms with E-state index in [1.807, 2.05) is 62.4 Å². The zero-order valence-corrected chi connectivity index (χ0v) is 17.2. The number of hydrogen-bond donors (Lipinski definition) is 3. The van der Waals surface area contributed by atoms with Crippen LogP contribution in [-0.4, -0.2) is 29.9 Å². The lowest BCUT2D eigenvalue weighted by molar-refractivity contribution is -0.114. The summed E-state index contributed by atoms with van der Waals surface area (Å²) in [7, 11) is 0. The van der Waals surface area contributed by atoms with Crippen LogP contribution >= 0.6 is 24.2 Å². The average Bonchev–Trinajstić information content (AvgIpc) is 2.63. The number of rotatable bonds is 9. The van der Waals surface area contributed by atoms with Crippen LogP contribution in [0.3, 0.4) is 0 Å². The minimum atomic E-state index is -0.112. The topological polar surface area (TPSA) is 70.2 Å². The molecular formula is C20H26ClN3O2S. The number of para-hydroxylation sites is 1. The molecule has 0 saturated heterocycles. The van der Waals surface area contributed by atoms with E-state index in [2.05, 4.69) is 16.0 Å². The number of thioether (sulfide) groups is 1. The SMILES string of the molecule is CCNCc1ccccc1NC(=O)CSCC(=O)Nc1ccc(C)cc1.Cl. The van der Waals surface area contributed by atoms with Crippen molar-refractivity contribution in [3.05, 3.63) is 59.7 Å². The summed E-state index contributed by atoms with van der Waals surface area (Å²) in [5.41, 5.74) is 3.76. The number of carbonyl (C=O) groups excluding carboxylic acids is 2. The molecule has 0 fully saturated rings. The predicted molar refractivity (Wildman–Crippen MR) is 117 cm³/mol. The third-order valence-corrected chi connectivity index (χ3v) is 4.59. The molecule has 27 heavy (non-hydrogen) atoms. The number of benzene rings is 2. The molecule has 0 aromatic heterocycles. The van der Waals surface area contributed by atoms with Gasteiger partial charge in [-0.05, 0) is 37.2 Å². The first-order valence-corrected chi connectivity index (χ1v) is 9.76. The summed E-state index contributed by atoms with van der Waals surface area (Å²) < 4.78 is 0. The molecule has 2 aromatic rings. The van der Waals surface area contributed by atoms with Crippen molar-refractivity contribution in [1.29, 1.82) is 0 Å². The van der Waals surface area contributed by atoms with Crippen LogP contribution in [0, 0.1) is 6.92 Å². The smallest absolute Gasteiger partial charge is 0.234 e. The molecule has 0 aliphatic carbocycles. The van der Waals surface area contributed by atoms with E-state index in [1.165, 1.54) is 11.8 Å². The fourth-order valence-corrected chi connectivity index (χ4v) is 2.93. The molecule has 2 amide bonds. The maximum atomic E-state index is 12.1. The van der Waals surface area contributed by atoms with Crippen molar-refractivity contribution in [1.82, 2.24) is 5.32 Å². The molecule has 2 aromatic carbocycles. The highest BCUT2D eigenvalue weighted by molar-refractivity contribution is 8.00. The van der Waals surface area contributed by atoms with E-state index in [0.717, 1.165) is 29.0 Å². The fraction of sp³-hybridized carbons (Fsp3) is 0.300. The van der Waals surface area contributed by atoms with E-state index in [0.29, 0.717) is 6.54 Å². The third kappa shape index (κ3) is 8.47. The molecule has 3 N–H and O–H groups in total. The molecule has 0 radical (unpaired) electrons. The highest BCUT2D eigenvalue weighted by Gasteiger charge is 2.08. The summed E-state index contributed by atoms with van der Waals surface area (Å²) in [5.74, 6) is 0.248. The maximum absolute atomic E-state index is 12.1. The van der Waals surface area contributed by atoms with Gasteiger partial charge in [0.15, 0.2) is 0 Å². The molecule has 5 nitrogen and oxygen atoms in total. The monoisotopic (exact) mass is 407 g/mol. The van der Waals surface area contributed by atoms with Gasteiger partial charge in [0.1, 0.15) is 0 Å². The van der Waals surface area contributed by atoms with E-state index in [4.69, 9.17) is 0 Å². The van der Waals surface area contributed by atoms with Crippen LogP contribution in [0.25, 0.3) is 0 Å². The van der Waals surface area contributed by atoms with Gasteiger partial charge in [0.25, 0.3) is 0 Å². The van der Waals surface area contributed by atoms with Crippen LogP contribution in [0.4, 0.5) is 11.4 Å². The van der Waals surface area contributed by atoms with Crippen LogP contribution in [0.1, 0.15) is 18.1 Å². The summed E-state index contributed by atoms with van der Waals surface area (Å²) in [6.45, 7) is 5.61. The third-order valence-electron chi connectivity index (χ3n) is 3.66. The molecule has 0 aliphatic rings. The van der Waals surface area contributed by atoms with Gasteiger partial charge in [-0.3, -0.25) is 9.59 Å². The van der Waals surface area contributed by atoms with Gasteiger partial charge in [-0.15, -0.1) is 24.2 Å². The van der Waals surface area contributed by atoms with Crippen molar-refractivity contribution in [2.75, 3.05) is 28.7 Å². The summed E-state index contributed by atoms with van der Waals surface area (Å²) in [6.07, 6.45) is 0. The standard InChI is InChI=1S/C20H25N3O2S.ClH/c1-3-21-12-16-6-4-5-7-18(16)23-20(25)14-26-13-19(24)22-17-10-8-15(2)9-11-17;/h4-11,21H,3,12-14H2,1-2H3,(H,22,24)(H,23,25);1H. The Balaban J connectivity index is 0.00000364. The number of carbonyl (C=O) groups is 2. The van der Waals surface area contributed by atoms with Crippen molar-refractivity contribution in [3.8, 4) is 0 Å². The van der Waals surface area contributed by atoms with Crippen molar-refractivity contribution >= 4 is 47.4 Å². The highest BCUT2D eigenvalue weighted by atomic mass is 35.5. The van der Waals surface area contributed by atoms with Gasteiger partial charge in [-0.25, -0.2) is 0 Å². The van der Waals surface area contributed by atoms with Crippen molar-refractivity contribution in [3.63, 3.8) is 0 Å². The fourth-order valence-electron chi connectivity index (χ4n) is 2.31. The minimum absolute atomic E-state index is 0. The van der Waals surface area contributed by atoms with Gasteiger partial charge in [0.05, 0.1) is 11.5 Å². The molecule has 0 spiro atoms. The molecular weight excluding hydrogens is 382 g/mol. The van der Waals surface area contributed by atoms with E-state index in [1.54, 1.807) is 0 Å². The van der Waals surface area contributed by atoms with E-state index < -0.39 is 0 Å². The Morgan fingerprint density at radius 3 is 2.22 bits per heavy atom. The van der Waals surface area contributed by atoms with Crippen molar-refractivity contribution in [2.45, 2.75) is 20.4 Å². The first kappa shape index (κ1) is 23.0. The summed E-state index contributed by atoms with van der Waals surface area (Å²) in [5, 5.41) is 9.00. The predicted octanol–water partition coefficient (Wildman–Crippen LogP) is 3.84. The van der Waals surface area contributed by atoms with Gasteiger partial charge in [-0.1, -0.05) is 42.8 Å². The van der Waals surface area contributed by atoms with Crippen molar-refractivity contribution < 1.29 is 9.59 Å². The first-order chi connectivity index (χ1) is 12.6. The Bertz CT molecular complexity index is 738. The largest absolute Gasteiger partial charge is 0.325 e. The zero-order chi connectivity index (χ0) is 18.8. The second-order valence-electron chi connectivity index (χ2n) is 5.89. The second kappa shape index (κ2) is 12.4. The van der Waals surface area contributed by atoms with Gasteiger partial charge in [-0.2, -0.15) is 0 Å². The van der Waals surface area contributed by atoms with Crippen LogP contribution < -0.4 is 16.0 Å². The van der Waals surface area contributed by atoms with E-state index in [9.17, 15) is 9.59 Å². The molecule has 2 rings (SSSR count). The normalized spacial score (nSPS) is 10.0. The molecule has 0 aliphatic heterocycles. The Morgan fingerprint density at radius 2 is 1.56 bits per heavy atom. The number of amides is 2. The summed E-state index contributed by atoms with van der Waals surface area (Å²) >= 11 is 1.30. The average molecular weight is 408 g/mol. The van der Waals surface area contributed by atoms with Gasteiger partial charge in [0, 0.05) is 17.9 Å². The van der Waals surface area contributed by atoms with Crippen LogP contribution in [0.15, 0.2) is 48.5 Å². The van der Waals surface area contributed by atoms with E-state index >= 15 is 0 Å². The first-order valence-electron chi connectivity index (χ1n) is 8.61. The summed E-state index contributed by atoms with van der Waals surface area (Å²) in [6, 6.07) is 15.3. The van der Waals surface area contributed by atoms with Gasteiger partial charge < -0.3 is 16.0 Å². The molecule has 146 valence electrons.